The summed E-state index contributed by atoms with van der Waals surface area (Å²) in [5, 5.41) is 7.38. The standard InChI is InChI=1S/C20H28N4O3/c1-13(23-20(26)17(22)9-5-6-10-21)19(25)24-15-11-14-7-3-4-8-16(14)18(12-15)27-2/h3-4,7-8,11-13,17H,5-6,9-10,21-22H2,1-2H3,(H,23,26)(H,24,25)/t13-,17+/m1/s1. The van der Waals surface area contributed by atoms with Crippen LogP contribution in [0.25, 0.3) is 10.8 Å². The average Bonchev–Trinajstić information content (AvgIpc) is 2.67. The van der Waals surface area contributed by atoms with Gasteiger partial charge in [0.25, 0.3) is 0 Å². The number of rotatable bonds is 9. The Morgan fingerprint density at radius 1 is 1.15 bits per heavy atom. The first-order valence-electron chi connectivity index (χ1n) is 9.10. The molecule has 0 saturated carbocycles. The van der Waals surface area contributed by atoms with Crippen molar-refractivity contribution in [2.75, 3.05) is 19.0 Å². The van der Waals surface area contributed by atoms with E-state index in [0.29, 0.717) is 24.4 Å². The molecule has 2 rings (SSSR count). The molecule has 0 saturated heterocycles. The quantitative estimate of drug-likeness (QED) is 0.500. The molecular weight excluding hydrogens is 344 g/mol. The molecule has 7 nitrogen and oxygen atoms in total. The van der Waals surface area contributed by atoms with Crippen LogP contribution in [0.15, 0.2) is 36.4 Å². The monoisotopic (exact) mass is 372 g/mol. The normalized spacial score (nSPS) is 13.0. The first-order chi connectivity index (χ1) is 13.0. The van der Waals surface area contributed by atoms with E-state index >= 15 is 0 Å². The lowest BCUT2D eigenvalue weighted by Gasteiger charge is -2.18. The third-order valence-electron chi connectivity index (χ3n) is 4.37. The van der Waals surface area contributed by atoms with E-state index in [0.717, 1.165) is 23.6 Å². The number of unbranched alkanes of at least 4 members (excludes halogenated alkanes) is 1. The zero-order chi connectivity index (χ0) is 19.8. The molecule has 146 valence electrons. The Bertz CT molecular complexity index is 794. The van der Waals surface area contributed by atoms with Crippen molar-refractivity contribution in [2.24, 2.45) is 11.5 Å². The van der Waals surface area contributed by atoms with Gasteiger partial charge in [-0.2, -0.15) is 0 Å². The molecular formula is C20H28N4O3. The predicted octanol–water partition coefficient (Wildman–Crippen LogP) is 1.75. The summed E-state index contributed by atoms with van der Waals surface area (Å²) in [6.07, 6.45) is 2.14. The second-order valence-corrected chi connectivity index (χ2v) is 6.51. The van der Waals surface area contributed by atoms with Crippen LogP contribution in [-0.4, -0.2) is 37.6 Å². The average molecular weight is 372 g/mol. The fraction of sp³-hybridized carbons (Fsp3) is 0.400. The van der Waals surface area contributed by atoms with Crippen molar-refractivity contribution in [3.63, 3.8) is 0 Å². The highest BCUT2D eigenvalue weighted by Gasteiger charge is 2.20. The van der Waals surface area contributed by atoms with E-state index in [4.69, 9.17) is 16.2 Å². The molecule has 7 heteroatoms. The first kappa shape index (κ1) is 20.7. The van der Waals surface area contributed by atoms with Gasteiger partial charge in [0, 0.05) is 17.1 Å². The molecule has 2 atom stereocenters. The lowest BCUT2D eigenvalue weighted by molar-refractivity contribution is -0.127. The van der Waals surface area contributed by atoms with Gasteiger partial charge in [-0.25, -0.2) is 0 Å². The zero-order valence-corrected chi connectivity index (χ0v) is 15.8. The van der Waals surface area contributed by atoms with E-state index in [1.54, 1.807) is 20.1 Å². The molecule has 27 heavy (non-hydrogen) atoms. The van der Waals surface area contributed by atoms with E-state index in [9.17, 15) is 9.59 Å². The minimum absolute atomic E-state index is 0.324. The number of hydrogen-bond acceptors (Lipinski definition) is 5. The molecule has 0 radical (unpaired) electrons. The lowest BCUT2D eigenvalue weighted by atomic mass is 10.1. The molecule has 0 spiro atoms. The maximum Gasteiger partial charge on any atom is 0.246 e. The highest BCUT2D eigenvalue weighted by atomic mass is 16.5. The Balaban J connectivity index is 1.99. The van der Waals surface area contributed by atoms with Gasteiger partial charge in [-0.15, -0.1) is 0 Å². The number of methoxy groups -OCH3 is 1. The van der Waals surface area contributed by atoms with Crippen LogP contribution in [0, 0.1) is 0 Å². The number of nitrogens with one attached hydrogen (secondary N) is 2. The fourth-order valence-corrected chi connectivity index (χ4v) is 2.79. The maximum absolute atomic E-state index is 12.4. The van der Waals surface area contributed by atoms with Crippen molar-refractivity contribution in [1.29, 1.82) is 0 Å². The molecule has 0 aliphatic heterocycles. The number of carbonyl (C=O) groups is 2. The van der Waals surface area contributed by atoms with Gasteiger partial charge in [-0.3, -0.25) is 9.59 Å². The van der Waals surface area contributed by atoms with E-state index in [1.807, 2.05) is 30.3 Å². The number of nitrogens with two attached hydrogens (primary N) is 2. The summed E-state index contributed by atoms with van der Waals surface area (Å²) in [4.78, 5) is 24.6. The Hall–Kier alpha value is -2.64. The number of amides is 2. The summed E-state index contributed by atoms with van der Waals surface area (Å²) in [6, 6.07) is 10.0. The third-order valence-corrected chi connectivity index (χ3v) is 4.37. The summed E-state index contributed by atoms with van der Waals surface area (Å²) < 4.78 is 5.41. The van der Waals surface area contributed by atoms with Gasteiger partial charge < -0.3 is 26.8 Å². The van der Waals surface area contributed by atoms with Crippen molar-refractivity contribution in [2.45, 2.75) is 38.3 Å². The lowest BCUT2D eigenvalue weighted by Crippen LogP contribution is -2.48. The van der Waals surface area contributed by atoms with E-state index in [2.05, 4.69) is 10.6 Å². The first-order valence-corrected chi connectivity index (χ1v) is 9.10. The van der Waals surface area contributed by atoms with Crippen molar-refractivity contribution in [1.82, 2.24) is 5.32 Å². The smallest absolute Gasteiger partial charge is 0.246 e. The summed E-state index contributed by atoms with van der Waals surface area (Å²) in [6.45, 7) is 2.19. The molecule has 0 heterocycles. The highest BCUT2D eigenvalue weighted by molar-refractivity contribution is 6.00. The van der Waals surface area contributed by atoms with Crippen LogP contribution < -0.4 is 26.8 Å². The maximum atomic E-state index is 12.4. The molecule has 0 unspecified atom stereocenters. The molecule has 0 fully saturated rings. The minimum Gasteiger partial charge on any atom is -0.496 e. The van der Waals surface area contributed by atoms with Gasteiger partial charge in [0.2, 0.25) is 11.8 Å². The van der Waals surface area contributed by atoms with Crippen LogP contribution >= 0.6 is 0 Å². The SMILES string of the molecule is COc1cc(NC(=O)[C@@H](C)NC(=O)[C@@H](N)CCCCN)cc2ccccc12. The molecule has 0 aromatic heterocycles. The van der Waals surface area contributed by atoms with Gasteiger partial charge in [0.1, 0.15) is 11.8 Å². The van der Waals surface area contributed by atoms with Crippen molar-refractivity contribution >= 4 is 28.3 Å². The van der Waals surface area contributed by atoms with Crippen LogP contribution in [-0.2, 0) is 9.59 Å². The van der Waals surface area contributed by atoms with Crippen LogP contribution in [0.4, 0.5) is 5.69 Å². The van der Waals surface area contributed by atoms with Crippen LogP contribution in [0.3, 0.4) is 0 Å². The van der Waals surface area contributed by atoms with E-state index < -0.39 is 12.1 Å². The van der Waals surface area contributed by atoms with Gasteiger partial charge in [0.15, 0.2) is 0 Å². The molecule has 2 amide bonds. The Labute approximate surface area is 159 Å². The van der Waals surface area contributed by atoms with Crippen molar-refractivity contribution in [3.05, 3.63) is 36.4 Å². The number of benzene rings is 2. The number of anilines is 1. The van der Waals surface area contributed by atoms with Crippen LogP contribution in [0.1, 0.15) is 26.2 Å². The number of carbonyl (C=O) groups excluding carboxylic acids is 2. The molecule has 0 bridgehead atoms. The number of hydrogen-bond donors (Lipinski definition) is 4. The van der Waals surface area contributed by atoms with Gasteiger partial charge in [0.05, 0.1) is 13.2 Å². The van der Waals surface area contributed by atoms with Crippen LogP contribution in [0.5, 0.6) is 5.75 Å². The van der Waals surface area contributed by atoms with Gasteiger partial charge >= 0.3 is 0 Å². The summed E-state index contributed by atoms with van der Waals surface area (Å²) in [7, 11) is 1.59. The zero-order valence-electron chi connectivity index (χ0n) is 15.8. The van der Waals surface area contributed by atoms with Crippen molar-refractivity contribution < 1.29 is 14.3 Å². The van der Waals surface area contributed by atoms with Crippen LogP contribution in [0.2, 0.25) is 0 Å². The fourth-order valence-electron chi connectivity index (χ4n) is 2.79. The second-order valence-electron chi connectivity index (χ2n) is 6.51. The predicted molar refractivity (Wildman–Crippen MR) is 108 cm³/mol. The summed E-state index contributed by atoms with van der Waals surface area (Å²) >= 11 is 0. The molecule has 0 aliphatic rings. The Kier molecular flexibility index (Phi) is 7.57. The van der Waals surface area contributed by atoms with E-state index in [-0.39, 0.29) is 11.8 Å². The summed E-state index contributed by atoms with van der Waals surface area (Å²) in [5.74, 6) is 0.00243. The Morgan fingerprint density at radius 3 is 2.59 bits per heavy atom. The highest BCUT2D eigenvalue weighted by Crippen LogP contribution is 2.29. The molecule has 2 aromatic carbocycles. The van der Waals surface area contributed by atoms with Gasteiger partial charge in [-0.1, -0.05) is 30.7 Å². The van der Waals surface area contributed by atoms with Gasteiger partial charge in [-0.05, 0) is 37.8 Å². The molecule has 6 N–H and O–H groups in total. The minimum atomic E-state index is -0.712. The second kappa shape index (κ2) is 9.89. The van der Waals surface area contributed by atoms with Crippen molar-refractivity contribution in [3.8, 4) is 5.75 Å². The Morgan fingerprint density at radius 2 is 1.89 bits per heavy atom. The number of ether oxygens (including phenoxy) is 1. The topological polar surface area (TPSA) is 119 Å². The molecule has 2 aromatic rings. The number of fused-ring (bicyclic) bond motifs is 1. The molecule has 0 aliphatic carbocycles. The largest absolute Gasteiger partial charge is 0.496 e. The summed E-state index contributed by atoms with van der Waals surface area (Å²) in [5.41, 5.74) is 11.9. The third kappa shape index (κ3) is 5.67. The van der Waals surface area contributed by atoms with E-state index in [1.165, 1.54) is 0 Å².